The fourth-order valence-electron chi connectivity index (χ4n) is 7.85. The summed E-state index contributed by atoms with van der Waals surface area (Å²) in [5, 5.41) is 12.6. The third-order valence-corrected chi connectivity index (χ3v) is 11.1. The normalized spacial score (nSPS) is 11.8. The van der Waals surface area contributed by atoms with Gasteiger partial charge in [0.2, 0.25) is 0 Å². The predicted octanol–water partition coefficient (Wildman–Crippen LogP) is 13.4. The molecular formula is C53H45N4OPt-. The van der Waals surface area contributed by atoms with Crippen molar-refractivity contribution >= 4 is 21.9 Å². The second kappa shape index (κ2) is 15.5. The van der Waals surface area contributed by atoms with Crippen LogP contribution in [0.4, 0.5) is 0 Å². The number of imidazole rings is 1. The number of benzene rings is 6. The van der Waals surface area contributed by atoms with E-state index in [1.165, 1.54) is 11.1 Å². The van der Waals surface area contributed by atoms with Crippen LogP contribution in [0.1, 0.15) is 52.7 Å². The fraction of sp³-hybridized carbons (Fsp3) is 0.151. The van der Waals surface area contributed by atoms with Gasteiger partial charge in [-0.05, 0) is 92.6 Å². The third kappa shape index (κ3) is 7.52. The van der Waals surface area contributed by atoms with Gasteiger partial charge in [0.05, 0.1) is 16.9 Å². The van der Waals surface area contributed by atoms with Crippen LogP contribution in [0.3, 0.4) is 0 Å². The van der Waals surface area contributed by atoms with Crippen molar-refractivity contribution in [3.05, 3.63) is 175 Å². The Morgan fingerprint density at radius 1 is 0.525 bits per heavy atom. The number of phenolic OH excluding ortho intramolecular Hbond substituents is 1. The van der Waals surface area contributed by atoms with Gasteiger partial charge in [0.15, 0.2) is 0 Å². The largest absolute Gasteiger partial charge is 0.507 e. The van der Waals surface area contributed by atoms with Crippen molar-refractivity contribution < 1.29 is 26.2 Å². The van der Waals surface area contributed by atoms with E-state index in [0.29, 0.717) is 5.56 Å². The molecule has 0 fully saturated rings. The Balaban J connectivity index is 0.00000484. The van der Waals surface area contributed by atoms with Crippen molar-refractivity contribution in [1.82, 2.24) is 19.5 Å². The van der Waals surface area contributed by atoms with Gasteiger partial charge < -0.3 is 9.67 Å². The molecule has 0 aliphatic heterocycles. The molecule has 6 heteroatoms. The number of rotatable bonds is 6. The smallest absolute Gasteiger partial charge is 0.123 e. The van der Waals surface area contributed by atoms with E-state index in [1.54, 1.807) is 18.5 Å². The predicted molar refractivity (Wildman–Crippen MR) is 239 cm³/mol. The summed E-state index contributed by atoms with van der Waals surface area (Å²) in [6.07, 6.45) is 5.43. The molecule has 0 unspecified atom stereocenters. The molecule has 59 heavy (non-hydrogen) atoms. The SMILES string of the molecule is CC(C)(C)c1ccc(-n2c(-c3[c-]c(-c4cc(C(C)(C)C)cc5cccnc45)ccc3)nc3c(-c4cc(-c5ccncc5)ccc4O)cccc32)c(-c2ccccc2)c1.[Pt]. The van der Waals surface area contributed by atoms with Crippen LogP contribution in [0.2, 0.25) is 0 Å². The minimum Gasteiger partial charge on any atom is -0.507 e. The number of aromatic nitrogens is 4. The molecule has 0 aliphatic carbocycles. The van der Waals surface area contributed by atoms with Gasteiger partial charge in [-0.3, -0.25) is 15.0 Å². The summed E-state index contributed by atoms with van der Waals surface area (Å²) in [6.45, 7) is 13.5. The maximum Gasteiger partial charge on any atom is 0.123 e. The van der Waals surface area contributed by atoms with E-state index in [-0.39, 0.29) is 37.6 Å². The summed E-state index contributed by atoms with van der Waals surface area (Å²) in [5.41, 5.74) is 14.6. The van der Waals surface area contributed by atoms with E-state index < -0.39 is 0 Å². The van der Waals surface area contributed by atoms with Gasteiger partial charge in [-0.1, -0.05) is 125 Å². The Kier molecular flexibility index (Phi) is 10.4. The van der Waals surface area contributed by atoms with Crippen molar-refractivity contribution in [2.45, 2.75) is 52.4 Å². The molecule has 0 atom stereocenters. The number of nitrogens with zero attached hydrogens (tertiary/aromatic N) is 4. The van der Waals surface area contributed by atoms with E-state index in [1.807, 2.05) is 42.6 Å². The van der Waals surface area contributed by atoms with Crippen LogP contribution in [0.15, 0.2) is 158 Å². The first kappa shape index (κ1) is 39.7. The third-order valence-electron chi connectivity index (χ3n) is 11.1. The average Bonchev–Trinajstić information content (AvgIpc) is 3.63. The standard InChI is InChI=1S/C53H45N4O.Pt/c1-52(2,3)40-21-22-46(43(32-40)35-13-8-7-9-14-35)57-47-19-11-18-42(45-31-36(20-23-48(45)58)34-24-27-54-28-25-34)50(47)56-51(57)39-16-10-15-37(29-39)44-33-41(53(4,5)6)30-38-17-12-26-55-49(38)44;/h7-28,30-33,58H,1-6H3;/q-1;. The van der Waals surface area contributed by atoms with Gasteiger partial charge in [0.25, 0.3) is 0 Å². The zero-order chi connectivity index (χ0) is 40.2. The zero-order valence-electron chi connectivity index (χ0n) is 34.1. The number of para-hydroxylation sites is 1. The summed E-state index contributed by atoms with van der Waals surface area (Å²) in [4.78, 5) is 14.6. The summed E-state index contributed by atoms with van der Waals surface area (Å²) in [7, 11) is 0. The number of aromatic hydroxyl groups is 1. The quantitative estimate of drug-likeness (QED) is 0.169. The Labute approximate surface area is 360 Å². The molecule has 3 heterocycles. The van der Waals surface area contributed by atoms with Crippen molar-refractivity contribution in [1.29, 1.82) is 0 Å². The Hall–Kier alpha value is -6.16. The molecule has 6 aromatic carbocycles. The van der Waals surface area contributed by atoms with Crippen LogP contribution in [-0.4, -0.2) is 24.6 Å². The minimum atomic E-state index is -0.0626. The maximum absolute atomic E-state index is 11.5. The number of pyridine rings is 2. The summed E-state index contributed by atoms with van der Waals surface area (Å²) in [5.74, 6) is 0.937. The molecular weight excluding hydrogens is 904 g/mol. The molecule has 3 aromatic heterocycles. The molecule has 0 aliphatic rings. The van der Waals surface area contributed by atoms with Crippen LogP contribution in [0.25, 0.3) is 83.5 Å². The van der Waals surface area contributed by atoms with Gasteiger partial charge in [0, 0.05) is 67.6 Å². The monoisotopic (exact) mass is 948 g/mol. The second-order valence-electron chi connectivity index (χ2n) is 17.1. The van der Waals surface area contributed by atoms with E-state index in [2.05, 4.69) is 154 Å². The molecule has 0 radical (unpaired) electrons. The van der Waals surface area contributed by atoms with E-state index in [9.17, 15) is 5.11 Å². The van der Waals surface area contributed by atoms with Crippen molar-refractivity contribution in [2.24, 2.45) is 0 Å². The molecule has 0 bridgehead atoms. The Morgan fingerprint density at radius 3 is 2.02 bits per heavy atom. The first-order valence-corrected chi connectivity index (χ1v) is 19.8. The minimum absolute atomic E-state index is 0. The van der Waals surface area contributed by atoms with Crippen molar-refractivity contribution in [3.63, 3.8) is 0 Å². The van der Waals surface area contributed by atoms with Gasteiger partial charge in [-0.15, -0.1) is 29.8 Å². The number of phenols is 1. The molecule has 1 N–H and O–H groups in total. The molecule has 9 aromatic rings. The number of hydrogen-bond donors (Lipinski definition) is 1. The van der Waals surface area contributed by atoms with E-state index >= 15 is 0 Å². The summed E-state index contributed by atoms with van der Waals surface area (Å²) < 4.78 is 2.27. The van der Waals surface area contributed by atoms with E-state index in [0.717, 1.165) is 78.0 Å². The van der Waals surface area contributed by atoms with Gasteiger partial charge in [0.1, 0.15) is 5.75 Å². The first-order chi connectivity index (χ1) is 27.9. The second-order valence-corrected chi connectivity index (χ2v) is 17.1. The van der Waals surface area contributed by atoms with Crippen LogP contribution in [-0.2, 0) is 31.9 Å². The van der Waals surface area contributed by atoms with Gasteiger partial charge in [-0.25, -0.2) is 0 Å². The van der Waals surface area contributed by atoms with Gasteiger partial charge in [-0.2, -0.15) is 0 Å². The molecule has 0 saturated heterocycles. The molecule has 0 saturated carbocycles. The molecule has 0 spiro atoms. The van der Waals surface area contributed by atoms with Crippen LogP contribution in [0, 0.1) is 6.07 Å². The summed E-state index contributed by atoms with van der Waals surface area (Å²) >= 11 is 0. The van der Waals surface area contributed by atoms with Crippen LogP contribution < -0.4 is 0 Å². The van der Waals surface area contributed by atoms with Crippen LogP contribution >= 0.6 is 0 Å². The maximum atomic E-state index is 11.5. The zero-order valence-corrected chi connectivity index (χ0v) is 36.3. The molecule has 294 valence electrons. The molecule has 0 amide bonds. The summed E-state index contributed by atoms with van der Waals surface area (Å²) in [6, 6.07) is 52.1. The molecule has 5 nitrogen and oxygen atoms in total. The van der Waals surface area contributed by atoms with Crippen LogP contribution in [0.5, 0.6) is 5.75 Å². The van der Waals surface area contributed by atoms with Gasteiger partial charge >= 0.3 is 0 Å². The van der Waals surface area contributed by atoms with Crippen molar-refractivity contribution in [2.75, 3.05) is 0 Å². The number of fused-ring (bicyclic) bond motifs is 2. The number of hydrogen-bond acceptors (Lipinski definition) is 4. The first-order valence-electron chi connectivity index (χ1n) is 19.8. The fourth-order valence-corrected chi connectivity index (χ4v) is 7.85. The average molecular weight is 949 g/mol. The molecule has 9 rings (SSSR count). The topological polar surface area (TPSA) is 63.8 Å². The van der Waals surface area contributed by atoms with E-state index in [4.69, 9.17) is 9.97 Å². The Morgan fingerprint density at radius 2 is 1.25 bits per heavy atom. The Bertz CT molecular complexity index is 2980. The van der Waals surface area contributed by atoms with Crippen molar-refractivity contribution in [3.8, 4) is 67.3 Å².